The van der Waals surface area contributed by atoms with Crippen LogP contribution < -0.4 is 0 Å². The van der Waals surface area contributed by atoms with Gasteiger partial charge in [-0.2, -0.15) is 27.7 Å². The Morgan fingerprint density at radius 2 is 1.80 bits per heavy atom. The number of fused-ring (bicyclic) bond motifs is 2. The SMILES string of the molecule is CN([C@H]1CCC2=Cc3c(cnn3-c3ccc(F)cc3)C[C@]2(C(=O)c2ccc(C(F)(F)F)cn2)C1)S(=O)(=O)c1ccn(C2CC2)n1. The number of nitrogens with zero attached hydrogens (tertiary/aromatic N) is 6. The summed E-state index contributed by atoms with van der Waals surface area (Å²) >= 11 is 0. The number of benzene rings is 1. The lowest BCUT2D eigenvalue weighted by atomic mass is 9.60. The normalized spacial score (nSPS) is 21.7. The van der Waals surface area contributed by atoms with Gasteiger partial charge in [0, 0.05) is 25.5 Å². The number of carbonyl (C=O) groups excluding carboxylic acids is 1. The highest BCUT2D eigenvalue weighted by Gasteiger charge is 2.51. The van der Waals surface area contributed by atoms with Crippen LogP contribution in [0.2, 0.25) is 0 Å². The molecule has 0 saturated heterocycles. The number of hydrogen-bond acceptors (Lipinski definition) is 6. The number of allylic oxidation sites excluding steroid dienone is 1. The smallest absolute Gasteiger partial charge is 0.291 e. The molecule has 2 fully saturated rings. The molecular weight excluding hydrogens is 612 g/mol. The molecule has 7 rings (SSSR count). The summed E-state index contributed by atoms with van der Waals surface area (Å²) in [5.41, 5.74) is 0.322. The van der Waals surface area contributed by atoms with Gasteiger partial charge in [-0.15, -0.1) is 0 Å². The third kappa shape index (κ3) is 5.09. The molecule has 2 atom stereocenters. The number of Topliss-reactive ketones (excluding diaryl/α,β-unsaturated/α-hetero) is 1. The van der Waals surface area contributed by atoms with E-state index >= 15 is 0 Å². The number of alkyl halides is 3. The van der Waals surface area contributed by atoms with E-state index in [9.17, 15) is 30.8 Å². The van der Waals surface area contributed by atoms with Crippen molar-refractivity contribution in [3.63, 3.8) is 0 Å². The standard InChI is InChI=1S/C31H28F4N6O3S/c1-39(45(43,44)28-12-13-40(38-28)23-9-10-23)25-6-2-20-14-27-19(17-37-41(27)24-7-4-22(32)5-8-24)15-30(20,16-25)29(42)26-11-3-21(18-36-26)31(33,34)35/h3-5,7-8,11-14,17-18,23,25H,2,6,9-10,15-16H2,1H3/t25-,30-/m0/s1. The van der Waals surface area contributed by atoms with Gasteiger partial charge in [0.05, 0.1) is 34.6 Å². The predicted molar refractivity (Wildman–Crippen MR) is 154 cm³/mol. The second-order valence-corrected chi connectivity index (χ2v) is 13.9. The average Bonchev–Trinajstić information content (AvgIpc) is 3.60. The molecule has 234 valence electrons. The van der Waals surface area contributed by atoms with E-state index in [1.54, 1.807) is 33.9 Å². The van der Waals surface area contributed by atoms with E-state index in [0.29, 0.717) is 41.6 Å². The Morgan fingerprint density at radius 3 is 2.47 bits per heavy atom. The highest BCUT2D eigenvalue weighted by Crippen LogP contribution is 2.51. The van der Waals surface area contributed by atoms with Crippen LogP contribution in [0.3, 0.4) is 0 Å². The van der Waals surface area contributed by atoms with Gasteiger partial charge in [-0.1, -0.05) is 5.57 Å². The number of rotatable bonds is 7. The second kappa shape index (κ2) is 10.4. The fourth-order valence-corrected chi connectivity index (χ4v) is 7.77. The molecule has 3 aliphatic rings. The molecular formula is C31H28F4N6O3S. The van der Waals surface area contributed by atoms with Crippen molar-refractivity contribution in [1.82, 2.24) is 28.9 Å². The zero-order chi connectivity index (χ0) is 31.7. The van der Waals surface area contributed by atoms with Crippen LogP contribution in [0.1, 0.15) is 65.5 Å². The lowest BCUT2D eigenvalue weighted by molar-refractivity contribution is -0.137. The molecule has 0 radical (unpaired) electrons. The Morgan fingerprint density at radius 1 is 1.04 bits per heavy atom. The van der Waals surface area contributed by atoms with Crippen LogP contribution in [0.15, 0.2) is 71.7 Å². The Hall–Kier alpha value is -4.17. The maximum absolute atomic E-state index is 14.4. The summed E-state index contributed by atoms with van der Waals surface area (Å²) in [6, 6.07) is 8.77. The molecule has 0 N–H and O–H groups in total. The molecule has 45 heavy (non-hydrogen) atoms. The van der Waals surface area contributed by atoms with Crippen molar-refractivity contribution in [3.8, 4) is 5.69 Å². The summed E-state index contributed by atoms with van der Waals surface area (Å²) < 4.78 is 85.4. The van der Waals surface area contributed by atoms with E-state index in [1.165, 1.54) is 29.6 Å². The first-order valence-corrected chi connectivity index (χ1v) is 16.0. The molecule has 3 aromatic heterocycles. The third-order valence-corrected chi connectivity index (χ3v) is 10.9. The second-order valence-electron chi connectivity index (χ2n) is 11.9. The summed E-state index contributed by atoms with van der Waals surface area (Å²) in [7, 11) is -2.54. The lowest BCUT2D eigenvalue weighted by Gasteiger charge is -2.45. The van der Waals surface area contributed by atoms with Crippen LogP contribution in [-0.4, -0.2) is 56.1 Å². The summed E-state index contributed by atoms with van der Waals surface area (Å²) in [6.45, 7) is 0. The van der Waals surface area contributed by atoms with Gasteiger partial charge in [0.1, 0.15) is 11.5 Å². The first-order valence-electron chi connectivity index (χ1n) is 14.5. The quantitative estimate of drug-likeness (QED) is 0.192. The minimum atomic E-state index is -4.62. The van der Waals surface area contributed by atoms with E-state index in [2.05, 4.69) is 15.2 Å². The molecule has 1 aromatic carbocycles. The number of ketones is 1. The van der Waals surface area contributed by atoms with Crippen LogP contribution in [-0.2, 0) is 22.6 Å². The molecule has 4 aromatic rings. The number of aromatic nitrogens is 5. The van der Waals surface area contributed by atoms with E-state index in [4.69, 9.17) is 0 Å². The Labute approximate surface area is 256 Å². The average molecular weight is 641 g/mol. The van der Waals surface area contributed by atoms with Crippen molar-refractivity contribution in [2.45, 2.75) is 61.8 Å². The monoisotopic (exact) mass is 640 g/mol. The van der Waals surface area contributed by atoms with Crippen molar-refractivity contribution in [2.24, 2.45) is 5.41 Å². The number of carbonyl (C=O) groups is 1. The van der Waals surface area contributed by atoms with Crippen LogP contribution in [0.25, 0.3) is 11.8 Å². The summed E-state index contributed by atoms with van der Waals surface area (Å²) in [6.07, 6.45) is 3.99. The molecule has 14 heteroatoms. The molecule has 9 nitrogen and oxygen atoms in total. The molecule has 2 saturated carbocycles. The van der Waals surface area contributed by atoms with E-state index in [-0.39, 0.29) is 29.6 Å². The molecule has 0 bridgehead atoms. The van der Waals surface area contributed by atoms with Gasteiger partial charge in [-0.05, 0) is 92.6 Å². The van der Waals surface area contributed by atoms with E-state index in [1.807, 2.05) is 6.08 Å². The Balaban J connectivity index is 1.27. The van der Waals surface area contributed by atoms with Crippen LogP contribution >= 0.6 is 0 Å². The molecule has 0 unspecified atom stereocenters. The van der Waals surface area contributed by atoms with E-state index in [0.717, 1.165) is 25.0 Å². The van der Waals surface area contributed by atoms with Gasteiger partial charge in [0.25, 0.3) is 10.0 Å². The molecule has 0 spiro atoms. The largest absolute Gasteiger partial charge is 0.417 e. The maximum Gasteiger partial charge on any atom is 0.417 e. The first-order chi connectivity index (χ1) is 21.4. The fourth-order valence-electron chi connectivity index (χ4n) is 6.47. The summed E-state index contributed by atoms with van der Waals surface area (Å²) in [5, 5.41) is 8.73. The van der Waals surface area contributed by atoms with Crippen molar-refractivity contribution >= 4 is 21.9 Å². The molecule has 0 amide bonds. The Bertz CT molecular complexity index is 1930. The van der Waals surface area contributed by atoms with Gasteiger partial charge in [0.2, 0.25) is 0 Å². The Kier molecular flexibility index (Phi) is 6.85. The minimum absolute atomic E-state index is 0.0745. The minimum Gasteiger partial charge on any atom is -0.291 e. The van der Waals surface area contributed by atoms with Crippen molar-refractivity contribution in [2.75, 3.05) is 7.05 Å². The van der Waals surface area contributed by atoms with E-state index < -0.39 is 44.8 Å². The fraction of sp³-hybridized carbons (Fsp3) is 0.355. The third-order valence-electron chi connectivity index (χ3n) is 9.13. The van der Waals surface area contributed by atoms with Gasteiger partial charge in [0.15, 0.2) is 10.8 Å². The zero-order valence-electron chi connectivity index (χ0n) is 24.1. The summed E-state index contributed by atoms with van der Waals surface area (Å²) in [4.78, 5) is 18.3. The van der Waals surface area contributed by atoms with Crippen LogP contribution in [0.5, 0.6) is 0 Å². The first kappa shape index (κ1) is 29.5. The highest BCUT2D eigenvalue weighted by molar-refractivity contribution is 7.89. The number of pyridine rings is 1. The molecule has 3 aliphatic carbocycles. The maximum atomic E-state index is 14.4. The van der Waals surface area contributed by atoms with Gasteiger partial charge >= 0.3 is 6.18 Å². The molecule has 0 aliphatic heterocycles. The molecule has 3 heterocycles. The number of sulfonamides is 1. The van der Waals surface area contributed by atoms with Gasteiger partial charge < -0.3 is 0 Å². The van der Waals surface area contributed by atoms with Gasteiger partial charge in [-0.25, -0.2) is 17.5 Å². The van der Waals surface area contributed by atoms with Crippen molar-refractivity contribution < 1.29 is 30.8 Å². The van der Waals surface area contributed by atoms with Crippen molar-refractivity contribution in [1.29, 1.82) is 0 Å². The zero-order valence-corrected chi connectivity index (χ0v) is 24.9. The highest BCUT2D eigenvalue weighted by atomic mass is 32.2. The van der Waals surface area contributed by atoms with Crippen LogP contribution in [0, 0.1) is 11.2 Å². The van der Waals surface area contributed by atoms with Crippen LogP contribution in [0.4, 0.5) is 17.6 Å². The van der Waals surface area contributed by atoms with Gasteiger partial charge in [-0.3, -0.25) is 14.5 Å². The predicted octanol–water partition coefficient (Wildman–Crippen LogP) is 5.64. The van der Waals surface area contributed by atoms with Crippen molar-refractivity contribution in [3.05, 3.63) is 95.0 Å². The topological polar surface area (TPSA) is 103 Å². The summed E-state index contributed by atoms with van der Waals surface area (Å²) in [5.74, 6) is -0.889. The number of hydrogen-bond donors (Lipinski definition) is 0. The number of halogens is 4. The lowest BCUT2D eigenvalue weighted by Crippen LogP contribution is -2.49.